The molecular weight excluding hydrogens is 278 g/mol. The fraction of sp³-hybridized carbons (Fsp3) is 0.333. The van der Waals surface area contributed by atoms with E-state index in [4.69, 9.17) is 5.73 Å². The average Bonchev–Trinajstić information content (AvgIpc) is 2.74. The summed E-state index contributed by atoms with van der Waals surface area (Å²) in [5.74, 6) is 0.591. The van der Waals surface area contributed by atoms with Crippen LogP contribution in [0, 0.1) is 6.92 Å². The number of nitrogens with zero attached hydrogens (tertiary/aromatic N) is 3. The topological polar surface area (TPSA) is 103 Å². The molecule has 7 nitrogen and oxygen atoms in total. The first-order valence-electron chi connectivity index (χ1n) is 6.09. The van der Waals surface area contributed by atoms with Crippen LogP contribution in [0.3, 0.4) is 0 Å². The van der Waals surface area contributed by atoms with Gasteiger partial charge < -0.3 is 5.73 Å². The third-order valence-corrected chi connectivity index (χ3v) is 4.48. The van der Waals surface area contributed by atoms with E-state index in [1.54, 1.807) is 43.2 Å². The summed E-state index contributed by atoms with van der Waals surface area (Å²) in [5, 5.41) is 4.08. The van der Waals surface area contributed by atoms with Crippen molar-refractivity contribution in [3.63, 3.8) is 0 Å². The van der Waals surface area contributed by atoms with Gasteiger partial charge >= 0.3 is 0 Å². The van der Waals surface area contributed by atoms with Gasteiger partial charge in [-0.3, -0.25) is 4.68 Å². The highest BCUT2D eigenvalue weighted by atomic mass is 32.2. The van der Waals surface area contributed by atoms with Crippen molar-refractivity contribution in [2.24, 2.45) is 7.05 Å². The molecule has 0 fully saturated rings. The summed E-state index contributed by atoms with van der Waals surface area (Å²) >= 11 is 0. The molecule has 3 N–H and O–H groups in total. The lowest BCUT2D eigenvalue weighted by Crippen LogP contribution is -2.27. The molecule has 108 valence electrons. The van der Waals surface area contributed by atoms with Crippen molar-refractivity contribution in [2.45, 2.75) is 18.2 Å². The smallest absolute Gasteiger partial charge is 0.242 e. The molecule has 0 bridgehead atoms. The molecule has 0 aliphatic carbocycles. The summed E-state index contributed by atoms with van der Waals surface area (Å²) in [7, 11) is -1.86. The molecule has 0 saturated heterocycles. The van der Waals surface area contributed by atoms with Crippen molar-refractivity contribution >= 4 is 15.7 Å². The van der Waals surface area contributed by atoms with Gasteiger partial charge in [0.05, 0.1) is 5.69 Å². The van der Waals surface area contributed by atoms with E-state index in [1.807, 2.05) is 0 Å². The molecule has 2 rings (SSSR count). The number of nitrogens with two attached hydrogens (primary N) is 1. The Morgan fingerprint density at radius 3 is 2.75 bits per heavy atom. The van der Waals surface area contributed by atoms with Crippen LogP contribution < -0.4 is 10.5 Å². The minimum Gasteiger partial charge on any atom is -0.398 e. The Balaban J connectivity index is 2.08. The maximum atomic E-state index is 12.2. The van der Waals surface area contributed by atoms with Crippen LogP contribution in [0.1, 0.15) is 11.4 Å². The molecular formula is C12H17N5O2S. The Bertz CT molecular complexity index is 688. The fourth-order valence-corrected chi connectivity index (χ4v) is 3.30. The minimum absolute atomic E-state index is 0.133. The third-order valence-electron chi connectivity index (χ3n) is 2.80. The lowest BCUT2D eigenvalue weighted by Gasteiger charge is -2.11. The Labute approximate surface area is 117 Å². The van der Waals surface area contributed by atoms with E-state index in [2.05, 4.69) is 14.8 Å². The number of anilines is 1. The van der Waals surface area contributed by atoms with Gasteiger partial charge in [0.1, 0.15) is 11.2 Å². The summed E-state index contributed by atoms with van der Waals surface area (Å²) < 4.78 is 28.6. The Morgan fingerprint density at radius 2 is 2.15 bits per heavy atom. The number of aromatic nitrogens is 3. The van der Waals surface area contributed by atoms with Crippen molar-refractivity contribution < 1.29 is 8.42 Å². The van der Waals surface area contributed by atoms with Crippen molar-refractivity contribution in [3.05, 3.63) is 35.9 Å². The zero-order chi connectivity index (χ0) is 14.8. The van der Waals surface area contributed by atoms with Crippen LogP contribution >= 0.6 is 0 Å². The van der Waals surface area contributed by atoms with Gasteiger partial charge in [0.2, 0.25) is 10.0 Å². The van der Waals surface area contributed by atoms with Crippen molar-refractivity contribution in [3.8, 4) is 0 Å². The molecule has 1 aromatic carbocycles. The second-order valence-corrected chi connectivity index (χ2v) is 6.18. The van der Waals surface area contributed by atoms with Gasteiger partial charge in [-0.05, 0) is 18.6 Å². The van der Waals surface area contributed by atoms with Crippen LogP contribution in [0.2, 0.25) is 0 Å². The summed E-state index contributed by atoms with van der Waals surface area (Å²) in [6.07, 6.45) is 2.00. The molecule has 0 amide bonds. The monoisotopic (exact) mass is 295 g/mol. The van der Waals surface area contributed by atoms with Crippen LogP contribution in [0.15, 0.2) is 29.4 Å². The summed E-state index contributed by atoms with van der Waals surface area (Å²) in [6.45, 7) is 1.94. The maximum Gasteiger partial charge on any atom is 0.242 e. The summed E-state index contributed by atoms with van der Waals surface area (Å²) in [6, 6.07) is 5.01. The highest BCUT2D eigenvalue weighted by Crippen LogP contribution is 2.21. The van der Waals surface area contributed by atoms with E-state index in [0.29, 0.717) is 17.8 Å². The highest BCUT2D eigenvalue weighted by Gasteiger charge is 2.19. The van der Waals surface area contributed by atoms with Crippen LogP contribution in [-0.4, -0.2) is 29.7 Å². The molecule has 20 heavy (non-hydrogen) atoms. The summed E-state index contributed by atoms with van der Waals surface area (Å²) in [4.78, 5) is 4.17. The van der Waals surface area contributed by atoms with Gasteiger partial charge in [-0.1, -0.05) is 12.1 Å². The zero-order valence-electron chi connectivity index (χ0n) is 11.4. The second kappa shape index (κ2) is 5.59. The number of benzene rings is 1. The van der Waals surface area contributed by atoms with Gasteiger partial charge in [-0.15, -0.1) is 0 Å². The summed E-state index contributed by atoms with van der Waals surface area (Å²) in [5.41, 5.74) is 6.61. The van der Waals surface area contributed by atoms with Crippen molar-refractivity contribution in [2.75, 3.05) is 12.3 Å². The SMILES string of the molecule is Cc1cccc(N)c1S(=O)(=O)NCCc1ncn(C)n1. The molecule has 0 radical (unpaired) electrons. The number of nitrogens with one attached hydrogen (secondary N) is 1. The van der Waals surface area contributed by atoms with Gasteiger partial charge in [-0.25, -0.2) is 18.1 Å². The second-order valence-electron chi connectivity index (χ2n) is 4.48. The van der Waals surface area contributed by atoms with E-state index in [0.717, 1.165) is 0 Å². The van der Waals surface area contributed by atoms with Gasteiger partial charge in [0.15, 0.2) is 5.82 Å². The van der Waals surface area contributed by atoms with Crippen LogP contribution in [-0.2, 0) is 23.5 Å². The lowest BCUT2D eigenvalue weighted by atomic mass is 10.2. The number of rotatable bonds is 5. The Kier molecular flexibility index (Phi) is 4.05. The Hall–Kier alpha value is -1.93. The predicted molar refractivity (Wildman–Crippen MR) is 75.5 cm³/mol. The molecule has 0 unspecified atom stereocenters. The largest absolute Gasteiger partial charge is 0.398 e. The van der Waals surface area contributed by atoms with Crippen LogP contribution in [0.5, 0.6) is 0 Å². The van der Waals surface area contributed by atoms with Gasteiger partial charge in [-0.2, -0.15) is 5.10 Å². The molecule has 0 atom stereocenters. The number of sulfonamides is 1. The standard InChI is InChI=1S/C12H17N5O2S/c1-9-4-3-5-10(13)12(9)20(18,19)15-7-6-11-14-8-17(2)16-11/h3-5,8,15H,6-7,13H2,1-2H3. The minimum atomic E-state index is -3.62. The molecule has 0 saturated carbocycles. The third kappa shape index (κ3) is 3.14. The number of aryl methyl sites for hydroxylation is 2. The maximum absolute atomic E-state index is 12.2. The number of hydrogen-bond acceptors (Lipinski definition) is 5. The van der Waals surface area contributed by atoms with E-state index >= 15 is 0 Å². The van der Waals surface area contributed by atoms with Gasteiger partial charge in [0.25, 0.3) is 0 Å². The van der Waals surface area contributed by atoms with Crippen molar-refractivity contribution in [1.29, 1.82) is 0 Å². The van der Waals surface area contributed by atoms with Crippen LogP contribution in [0.25, 0.3) is 0 Å². The average molecular weight is 295 g/mol. The quantitative estimate of drug-likeness (QED) is 0.768. The molecule has 1 heterocycles. The first-order chi connectivity index (χ1) is 9.40. The van der Waals surface area contributed by atoms with Crippen molar-refractivity contribution in [1.82, 2.24) is 19.5 Å². The first-order valence-corrected chi connectivity index (χ1v) is 7.58. The lowest BCUT2D eigenvalue weighted by molar-refractivity contribution is 0.580. The zero-order valence-corrected chi connectivity index (χ0v) is 12.2. The van der Waals surface area contributed by atoms with E-state index in [1.165, 1.54) is 0 Å². The fourth-order valence-electron chi connectivity index (χ4n) is 1.91. The van der Waals surface area contributed by atoms with E-state index in [9.17, 15) is 8.42 Å². The van der Waals surface area contributed by atoms with E-state index in [-0.39, 0.29) is 17.1 Å². The van der Waals surface area contributed by atoms with E-state index < -0.39 is 10.0 Å². The number of nitrogen functional groups attached to an aromatic ring is 1. The van der Waals surface area contributed by atoms with Gasteiger partial charge in [0, 0.05) is 20.0 Å². The normalized spacial score (nSPS) is 11.7. The number of hydrogen-bond donors (Lipinski definition) is 2. The van der Waals surface area contributed by atoms with Crippen LogP contribution in [0.4, 0.5) is 5.69 Å². The molecule has 2 aromatic rings. The first kappa shape index (κ1) is 14.5. The highest BCUT2D eigenvalue weighted by molar-refractivity contribution is 7.89. The molecule has 1 aromatic heterocycles. The molecule has 8 heteroatoms. The Morgan fingerprint density at radius 1 is 1.40 bits per heavy atom. The molecule has 0 spiro atoms. The predicted octanol–water partition coefficient (Wildman–Crippen LogP) is 0.227. The molecule has 0 aliphatic rings. The molecule has 0 aliphatic heterocycles.